The molecule has 0 aliphatic carbocycles. The fraction of sp³-hybridized carbons (Fsp3) is 0.619. The van der Waals surface area contributed by atoms with E-state index in [9.17, 15) is 4.79 Å². The first-order chi connectivity index (χ1) is 13.6. The molecule has 1 aromatic carbocycles. The number of benzene rings is 1. The van der Waals surface area contributed by atoms with Crippen molar-refractivity contribution in [3.63, 3.8) is 0 Å². The van der Waals surface area contributed by atoms with Crippen LogP contribution in [0.2, 0.25) is 0 Å². The maximum atomic E-state index is 12.1. The molecule has 28 heavy (non-hydrogen) atoms. The summed E-state index contributed by atoms with van der Waals surface area (Å²) in [5.41, 5.74) is 1.13. The lowest BCUT2D eigenvalue weighted by atomic mass is 10.2. The van der Waals surface area contributed by atoms with Crippen LogP contribution in [0.4, 0.5) is 5.69 Å². The number of hydrogen-bond donors (Lipinski definition) is 2. The average Bonchev–Trinajstić information content (AvgIpc) is 3.17. The van der Waals surface area contributed by atoms with Gasteiger partial charge in [-0.15, -0.1) is 0 Å². The van der Waals surface area contributed by atoms with Crippen LogP contribution >= 0.6 is 0 Å². The molecule has 1 saturated heterocycles. The predicted octanol–water partition coefficient (Wildman–Crippen LogP) is 2.09. The van der Waals surface area contributed by atoms with E-state index in [2.05, 4.69) is 26.6 Å². The van der Waals surface area contributed by atoms with Crippen LogP contribution in [-0.4, -0.2) is 69.2 Å². The first-order valence-corrected chi connectivity index (χ1v) is 10.3. The van der Waals surface area contributed by atoms with Gasteiger partial charge in [-0.25, -0.2) is 0 Å². The van der Waals surface area contributed by atoms with Gasteiger partial charge in [0.05, 0.1) is 19.3 Å². The Morgan fingerprint density at radius 1 is 1.29 bits per heavy atom. The number of amides is 1. The van der Waals surface area contributed by atoms with E-state index in [1.165, 1.54) is 0 Å². The number of anilines is 1. The van der Waals surface area contributed by atoms with Crippen LogP contribution in [0, 0.1) is 0 Å². The SMILES string of the molecule is CCNC(=NCCC(=O)N(CC)CC)NC1CCN(c2ccccc2OC)C1. The van der Waals surface area contributed by atoms with E-state index in [0.717, 1.165) is 56.5 Å². The van der Waals surface area contributed by atoms with Gasteiger partial charge < -0.3 is 25.2 Å². The fourth-order valence-corrected chi connectivity index (χ4v) is 3.50. The molecule has 0 spiro atoms. The summed E-state index contributed by atoms with van der Waals surface area (Å²) < 4.78 is 5.49. The van der Waals surface area contributed by atoms with Gasteiger partial charge in [-0.1, -0.05) is 12.1 Å². The van der Waals surface area contributed by atoms with Crippen molar-refractivity contribution in [1.82, 2.24) is 15.5 Å². The van der Waals surface area contributed by atoms with Crippen LogP contribution in [0.1, 0.15) is 33.6 Å². The summed E-state index contributed by atoms with van der Waals surface area (Å²) in [6.07, 6.45) is 1.47. The summed E-state index contributed by atoms with van der Waals surface area (Å²) in [7, 11) is 1.71. The van der Waals surface area contributed by atoms with Gasteiger partial charge in [0.15, 0.2) is 5.96 Å². The minimum Gasteiger partial charge on any atom is -0.495 e. The lowest BCUT2D eigenvalue weighted by Crippen LogP contribution is -2.44. The molecule has 0 radical (unpaired) electrons. The van der Waals surface area contributed by atoms with Crippen molar-refractivity contribution < 1.29 is 9.53 Å². The molecule has 1 heterocycles. The Morgan fingerprint density at radius 2 is 2.04 bits per heavy atom. The number of rotatable bonds is 9. The van der Waals surface area contributed by atoms with Crippen molar-refractivity contribution in [2.45, 2.75) is 39.7 Å². The molecular formula is C21H35N5O2. The van der Waals surface area contributed by atoms with Gasteiger partial charge in [-0.2, -0.15) is 0 Å². The monoisotopic (exact) mass is 389 g/mol. The quantitative estimate of drug-likeness (QED) is 0.500. The van der Waals surface area contributed by atoms with Gasteiger partial charge in [-0.3, -0.25) is 9.79 Å². The highest BCUT2D eigenvalue weighted by molar-refractivity contribution is 5.81. The van der Waals surface area contributed by atoms with E-state index >= 15 is 0 Å². The minimum absolute atomic E-state index is 0.160. The summed E-state index contributed by atoms with van der Waals surface area (Å²) in [5, 5.41) is 6.80. The van der Waals surface area contributed by atoms with Gasteiger partial charge in [-0.05, 0) is 39.3 Å². The molecule has 2 N–H and O–H groups in total. The number of carbonyl (C=O) groups is 1. The van der Waals surface area contributed by atoms with E-state index in [-0.39, 0.29) is 5.91 Å². The highest BCUT2D eigenvalue weighted by Gasteiger charge is 2.25. The molecule has 7 nitrogen and oxygen atoms in total. The van der Waals surface area contributed by atoms with E-state index < -0.39 is 0 Å². The number of ether oxygens (including phenoxy) is 1. The molecule has 1 aromatic rings. The maximum Gasteiger partial charge on any atom is 0.224 e. The van der Waals surface area contributed by atoms with Crippen LogP contribution in [0.25, 0.3) is 0 Å². The molecule has 0 aromatic heterocycles. The van der Waals surface area contributed by atoms with Gasteiger partial charge >= 0.3 is 0 Å². The second-order valence-corrected chi connectivity index (χ2v) is 6.82. The Kier molecular flexibility index (Phi) is 8.91. The number of methoxy groups -OCH3 is 1. The number of nitrogens with one attached hydrogen (secondary N) is 2. The Labute approximate surface area is 169 Å². The molecule has 7 heteroatoms. The highest BCUT2D eigenvalue weighted by atomic mass is 16.5. The molecule has 1 amide bonds. The molecule has 1 fully saturated rings. The molecule has 1 unspecified atom stereocenters. The third-order valence-electron chi connectivity index (χ3n) is 5.01. The molecule has 1 aliphatic rings. The van der Waals surface area contributed by atoms with Crippen LogP contribution in [-0.2, 0) is 4.79 Å². The minimum atomic E-state index is 0.160. The molecular weight excluding hydrogens is 354 g/mol. The fourth-order valence-electron chi connectivity index (χ4n) is 3.50. The molecule has 156 valence electrons. The van der Waals surface area contributed by atoms with Crippen molar-refractivity contribution in [3.05, 3.63) is 24.3 Å². The predicted molar refractivity (Wildman–Crippen MR) is 115 cm³/mol. The second-order valence-electron chi connectivity index (χ2n) is 6.82. The third kappa shape index (κ3) is 6.04. The molecule has 0 saturated carbocycles. The Balaban J connectivity index is 1.91. The largest absolute Gasteiger partial charge is 0.495 e. The zero-order valence-corrected chi connectivity index (χ0v) is 17.7. The number of nitrogens with zero attached hydrogens (tertiary/aromatic N) is 3. The molecule has 0 bridgehead atoms. The smallest absolute Gasteiger partial charge is 0.224 e. The highest BCUT2D eigenvalue weighted by Crippen LogP contribution is 2.30. The Morgan fingerprint density at radius 3 is 2.71 bits per heavy atom. The third-order valence-corrected chi connectivity index (χ3v) is 5.01. The summed E-state index contributed by atoms with van der Waals surface area (Å²) >= 11 is 0. The van der Waals surface area contributed by atoms with E-state index in [0.29, 0.717) is 19.0 Å². The van der Waals surface area contributed by atoms with Crippen molar-refractivity contribution in [1.29, 1.82) is 0 Å². The van der Waals surface area contributed by atoms with Crippen molar-refractivity contribution in [3.8, 4) is 5.75 Å². The summed E-state index contributed by atoms with van der Waals surface area (Å²) in [4.78, 5) is 20.9. The zero-order chi connectivity index (χ0) is 20.4. The first kappa shape index (κ1) is 21.9. The Bertz CT molecular complexity index is 645. The van der Waals surface area contributed by atoms with Crippen LogP contribution in [0.3, 0.4) is 0 Å². The van der Waals surface area contributed by atoms with Gasteiger partial charge in [0.2, 0.25) is 5.91 Å². The zero-order valence-electron chi connectivity index (χ0n) is 17.7. The maximum absolute atomic E-state index is 12.1. The van der Waals surface area contributed by atoms with Crippen molar-refractivity contribution in [2.24, 2.45) is 4.99 Å². The van der Waals surface area contributed by atoms with Gasteiger partial charge in [0.25, 0.3) is 0 Å². The lowest BCUT2D eigenvalue weighted by molar-refractivity contribution is -0.130. The summed E-state index contributed by atoms with van der Waals surface area (Å²) in [5.74, 6) is 1.84. The van der Waals surface area contributed by atoms with Crippen LogP contribution in [0.5, 0.6) is 5.75 Å². The second kappa shape index (κ2) is 11.4. The summed E-state index contributed by atoms with van der Waals surface area (Å²) in [6.45, 7) is 10.7. The van der Waals surface area contributed by atoms with E-state index in [4.69, 9.17) is 4.74 Å². The van der Waals surface area contributed by atoms with E-state index in [1.54, 1.807) is 7.11 Å². The van der Waals surface area contributed by atoms with Crippen molar-refractivity contribution in [2.75, 3.05) is 51.3 Å². The first-order valence-electron chi connectivity index (χ1n) is 10.3. The van der Waals surface area contributed by atoms with Crippen LogP contribution < -0.4 is 20.3 Å². The number of aliphatic imine (C=N–C) groups is 1. The average molecular weight is 390 g/mol. The lowest BCUT2D eigenvalue weighted by Gasteiger charge is -2.22. The van der Waals surface area contributed by atoms with Crippen LogP contribution in [0.15, 0.2) is 29.3 Å². The molecule has 1 atom stereocenters. The number of hydrogen-bond acceptors (Lipinski definition) is 4. The Hall–Kier alpha value is -2.44. The summed E-state index contributed by atoms with van der Waals surface area (Å²) in [6, 6.07) is 8.43. The van der Waals surface area contributed by atoms with Gasteiger partial charge in [0.1, 0.15) is 5.75 Å². The normalized spacial score (nSPS) is 16.8. The standard InChI is InChI=1S/C21H35N5O2/c1-5-22-21(23-14-12-20(27)25(6-2)7-3)24-17-13-15-26(16-17)18-10-8-9-11-19(18)28-4/h8-11,17H,5-7,12-16H2,1-4H3,(H2,22,23,24). The molecule has 2 rings (SSSR count). The number of guanidine groups is 1. The number of carbonyl (C=O) groups excluding carboxylic acids is 1. The number of para-hydroxylation sites is 2. The topological polar surface area (TPSA) is 69.2 Å². The van der Waals surface area contributed by atoms with Crippen molar-refractivity contribution >= 4 is 17.6 Å². The molecule has 1 aliphatic heterocycles. The van der Waals surface area contributed by atoms with E-state index in [1.807, 2.05) is 43.9 Å². The van der Waals surface area contributed by atoms with Gasteiger partial charge in [0, 0.05) is 45.2 Å².